The van der Waals surface area contributed by atoms with Gasteiger partial charge >= 0.3 is 5.97 Å². The Morgan fingerprint density at radius 2 is 1.89 bits per heavy atom. The lowest BCUT2D eigenvalue weighted by Crippen LogP contribution is -2.02. The summed E-state index contributed by atoms with van der Waals surface area (Å²) in [4.78, 5) is 19.5. The summed E-state index contributed by atoms with van der Waals surface area (Å²) in [5.74, 6) is -0.274. The molecule has 0 atom stereocenters. The van der Waals surface area contributed by atoms with Gasteiger partial charge in [-0.1, -0.05) is 18.2 Å². The Bertz CT molecular complexity index is 735. The highest BCUT2D eigenvalue weighted by Gasteiger charge is 2.13. The number of rotatable bonds is 3. The maximum absolute atomic E-state index is 11.2. The molecule has 2 heterocycles. The van der Waals surface area contributed by atoms with Gasteiger partial charge in [0.05, 0.1) is 12.1 Å². The summed E-state index contributed by atoms with van der Waals surface area (Å²) in [5, 5.41) is 9.95. The van der Waals surface area contributed by atoms with Crippen molar-refractivity contribution in [1.82, 2.24) is 14.5 Å². The maximum Gasteiger partial charge on any atom is 0.337 e. The maximum atomic E-state index is 11.2. The van der Waals surface area contributed by atoms with Crippen LogP contribution in [-0.4, -0.2) is 25.6 Å². The van der Waals surface area contributed by atoms with E-state index in [1.807, 2.05) is 22.8 Å². The molecular weight excluding hydrogens is 242 g/mol. The molecule has 0 unspecified atom stereocenters. The second-order valence-electron chi connectivity index (χ2n) is 4.16. The summed E-state index contributed by atoms with van der Waals surface area (Å²) < 4.78 is 1.86. The van der Waals surface area contributed by atoms with Crippen LogP contribution in [0.4, 0.5) is 0 Å². The van der Waals surface area contributed by atoms with Gasteiger partial charge in [-0.15, -0.1) is 0 Å². The summed E-state index contributed by atoms with van der Waals surface area (Å²) in [5.41, 5.74) is 1.17. The zero-order chi connectivity index (χ0) is 13.2. The standard InChI is InChI=1S/C14H11N3O2/c18-14(19)11-8-17(9-13-15-6-3-7-16-13)12-5-2-1-4-10(11)12/h1-8H,9H2,(H,18,19). The molecule has 19 heavy (non-hydrogen) atoms. The minimum absolute atomic E-state index is 0.298. The molecule has 0 fully saturated rings. The summed E-state index contributed by atoms with van der Waals surface area (Å²) in [7, 11) is 0. The van der Waals surface area contributed by atoms with Crippen molar-refractivity contribution in [1.29, 1.82) is 0 Å². The Labute approximate surface area is 109 Å². The molecule has 0 amide bonds. The fourth-order valence-electron chi connectivity index (χ4n) is 2.11. The molecule has 94 valence electrons. The molecule has 0 radical (unpaired) electrons. The highest BCUT2D eigenvalue weighted by atomic mass is 16.4. The zero-order valence-corrected chi connectivity index (χ0v) is 10.0. The van der Waals surface area contributed by atoms with E-state index in [2.05, 4.69) is 9.97 Å². The van der Waals surface area contributed by atoms with E-state index in [9.17, 15) is 9.90 Å². The van der Waals surface area contributed by atoms with Crippen LogP contribution in [0.2, 0.25) is 0 Å². The van der Waals surface area contributed by atoms with E-state index in [0.29, 0.717) is 17.9 Å². The summed E-state index contributed by atoms with van der Waals surface area (Å²) >= 11 is 0. The van der Waals surface area contributed by atoms with Gasteiger partial charge in [-0.05, 0) is 12.1 Å². The number of carbonyl (C=O) groups is 1. The van der Waals surface area contributed by atoms with Crippen LogP contribution >= 0.6 is 0 Å². The monoisotopic (exact) mass is 253 g/mol. The van der Waals surface area contributed by atoms with Crippen molar-refractivity contribution in [2.45, 2.75) is 6.54 Å². The van der Waals surface area contributed by atoms with Crippen molar-refractivity contribution in [3.63, 3.8) is 0 Å². The van der Waals surface area contributed by atoms with E-state index in [4.69, 9.17) is 0 Å². The molecule has 5 nitrogen and oxygen atoms in total. The van der Waals surface area contributed by atoms with E-state index in [1.165, 1.54) is 0 Å². The first kappa shape index (κ1) is 11.4. The lowest BCUT2D eigenvalue weighted by Gasteiger charge is -2.03. The fourth-order valence-corrected chi connectivity index (χ4v) is 2.11. The van der Waals surface area contributed by atoms with Gasteiger partial charge in [0.15, 0.2) is 0 Å². The van der Waals surface area contributed by atoms with Gasteiger partial charge in [0.2, 0.25) is 0 Å². The number of hydrogen-bond donors (Lipinski definition) is 1. The number of aromatic carboxylic acids is 1. The third kappa shape index (κ3) is 2.06. The molecule has 0 aliphatic carbocycles. The average molecular weight is 253 g/mol. The Morgan fingerprint density at radius 1 is 1.16 bits per heavy atom. The minimum atomic E-state index is -0.927. The molecule has 0 aliphatic rings. The van der Waals surface area contributed by atoms with Gasteiger partial charge in [0, 0.05) is 29.5 Å². The van der Waals surface area contributed by atoms with Gasteiger partial charge in [-0.3, -0.25) is 0 Å². The molecule has 3 aromatic rings. The van der Waals surface area contributed by atoms with Gasteiger partial charge in [-0.2, -0.15) is 0 Å². The Morgan fingerprint density at radius 3 is 2.63 bits per heavy atom. The number of hydrogen-bond acceptors (Lipinski definition) is 3. The first-order chi connectivity index (χ1) is 9.25. The van der Waals surface area contributed by atoms with Crippen LogP contribution in [0, 0.1) is 0 Å². The van der Waals surface area contributed by atoms with Crippen LogP contribution in [0.1, 0.15) is 16.2 Å². The number of fused-ring (bicyclic) bond motifs is 1. The van der Waals surface area contributed by atoms with Crippen LogP contribution in [-0.2, 0) is 6.54 Å². The quantitative estimate of drug-likeness (QED) is 0.776. The lowest BCUT2D eigenvalue weighted by molar-refractivity contribution is 0.0699. The molecule has 0 saturated heterocycles. The third-order valence-electron chi connectivity index (χ3n) is 2.95. The van der Waals surface area contributed by atoms with Gasteiger partial charge in [-0.25, -0.2) is 14.8 Å². The molecule has 0 spiro atoms. The molecule has 0 bridgehead atoms. The highest BCUT2D eigenvalue weighted by Crippen LogP contribution is 2.21. The zero-order valence-electron chi connectivity index (χ0n) is 10.0. The highest BCUT2D eigenvalue weighted by molar-refractivity contribution is 6.03. The predicted molar refractivity (Wildman–Crippen MR) is 70.0 cm³/mol. The van der Waals surface area contributed by atoms with E-state index < -0.39 is 5.97 Å². The lowest BCUT2D eigenvalue weighted by atomic mass is 10.2. The number of benzene rings is 1. The van der Waals surface area contributed by atoms with Crippen molar-refractivity contribution >= 4 is 16.9 Å². The predicted octanol–water partition coefficient (Wildman–Crippen LogP) is 2.18. The van der Waals surface area contributed by atoms with Gasteiger partial charge in [0.25, 0.3) is 0 Å². The molecule has 3 rings (SSSR count). The average Bonchev–Trinajstić information content (AvgIpc) is 2.79. The van der Waals surface area contributed by atoms with Crippen LogP contribution in [0.5, 0.6) is 0 Å². The van der Waals surface area contributed by atoms with Crippen molar-refractivity contribution in [3.8, 4) is 0 Å². The van der Waals surface area contributed by atoms with Crippen molar-refractivity contribution < 1.29 is 9.90 Å². The second kappa shape index (κ2) is 4.53. The number of carboxylic acids is 1. The summed E-state index contributed by atoms with van der Waals surface area (Å²) in [6.07, 6.45) is 4.97. The van der Waals surface area contributed by atoms with Crippen LogP contribution in [0.25, 0.3) is 10.9 Å². The first-order valence-corrected chi connectivity index (χ1v) is 5.83. The normalized spacial score (nSPS) is 10.7. The molecule has 2 aromatic heterocycles. The molecular formula is C14H11N3O2. The van der Waals surface area contributed by atoms with Crippen LogP contribution < -0.4 is 0 Å². The van der Waals surface area contributed by atoms with E-state index in [1.54, 1.807) is 30.7 Å². The van der Waals surface area contributed by atoms with E-state index in [-0.39, 0.29) is 0 Å². The van der Waals surface area contributed by atoms with E-state index in [0.717, 1.165) is 10.9 Å². The smallest absolute Gasteiger partial charge is 0.337 e. The van der Waals surface area contributed by atoms with Gasteiger partial charge < -0.3 is 9.67 Å². The minimum Gasteiger partial charge on any atom is -0.478 e. The number of aromatic nitrogens is 3. The topological polar surface area (TPSA) is 68.0 Å². The van der Waals surface area contributed by atoms with Crippen LogP contribution in [0.15, 0.2) is 48.9 Å². The number of carboxylic acid groups (broad SMARTS) is 1. The Hall–Kier alpha value is -2.69. The second-order valence-corrected chi connectivity index (χ2v) is 4.16. The largest absolute Gasteiger partial charge is 0.478 e. The molecule has 5 heteroatoms. The molecule has 1 aromatic carbocycles. The molecule has 1 N–H and O–H groups in total. The SMILES string of the molecule is O=C(O)c1cn(Cc2ncccn2)c2ccccc12. The Balaban J connectivity index is 2.11. The molecule has 0 aliphatic heterocycles. The van der Waals surface area contributed by atoms with Gasteiger partial charge in [0.1, 0.15) is 5.82 Å². The van der Waals surface area contributed by atoms with Crippen LogP contribution in [0.3, 0.4) is 0 Å². The third-order valence-corrected chi connectivity index (χ3v) is 2.95. The van der Waals surface area contributed by atoms with Crippen molar-refractivity contribution in [2.75, 3.05) is 0 Å². The summed E-state index contributed by atoms with van der Waals surface area (Å²) in [6, 6.07) is 9.17. The fraction of sp³-hybridized carbons (Fsp3) is 0.0714. The first-order valence-electron chi connectivity index (χ1n) is 5.83. The number of nitrogens with zero attached hydrogens (tertiary/aromatic N) is 3. The Kier molecular flexibility index (Phi) is 2.72. The summed E-state index contributed by atoms with van der Waals surface area (Å²) in [6.45, 7) is 0.453. The van der Waals surface area contributed by atoms with E-state index >= 15 is 0 Å². The van der Waals surface area contributed by atoms with Crippen molar-refractivity contribution in [3.05, 3.63) is 60.3 Å². The van der Waals surface area contributed by atoms with Crippen molar-refractivity contribution in [2.24, 2.45) is 0 Å². The number of para-hydroxylation sites is 1. The molecule has 0 saturated carbocycles.